The molecule has 1 heterocycles. The Kier molecular flexibility index (Phi) is 11.0. The van der Waals surface area contributed by atoms with Crippen molar-refractivity contribution in [3.05, 3.63) is 300 Å². The van der Waals surface area contributed by atoms with Gasteiger partial charge in [0.05, 0.1) is 5.69 Å². The predicted octanol–water partition coefficient (Wildman–Crippen LogP) is 22.4. The summed E-state index contributed by atoms with van der Waals surface area (Å²) in [5, 5.41) is 2.26. The van der Waals surface area contributed by atoms with E-state index in [4.69, 9.17) is 4.42 Å². The number of furan rings is 1. The van der Waals surface area contributed by atoms with Gasteiger partial charge in [-0.2, -0.15) is 0 Å². The number of rotatable bonds is 9. The predicted molar refractivity (Wildman–Crippen MR) is 352 cm³/mol. The standard InChI is InChI=1S/C81H62N2O/c1-79(2)69-27-15-13-23-62(69)63-45-44-60(48-71(63)79)83(58-39-33-54(34-40-58)52-21-11-8-12-22-52)75-29-18-28-70-77(75)68-50-73-67(49-74(68)80(70,3)4)64-46-43-59(47-72(64)81(73,5)6)82(56-37-31-53(32-38-56)51-19-9-7-10-20-51)57-41-35-55(36-42-57)61-25-17-26-66-65-24-14-16-30-76(65)84-78(61)66/h7-50H,1-6H3. The maximum atomic E-state index is 6.53. The molecule has 3 nitrogen and oxygen atoms in total. The molecule has 0 atom stereocenters. The normalized spacial score (nSPS) is 14.4. The minimum Gasteiger partial charge on any atom is -0.455 e. The Morgan fingerprint density at radius 3 is 1.33 bits per heavy atom. The molecule has 0 bridgehead atoms. The van der Waals surface area contributed by atoms with Gasteiger partial charge in [-0.3, -0.25) is 0 Å². The minimum atomic E-state index is -0.316. The molecular formula is C81H62N2O. The Morgan fingerprint density at radius 1 is 0.262 bits per heavy atom. The third-order valence-corrected chi connectivity index (χ3v) is 19.1. The third-order valence-electron chi connectivity index (χ3n) is 19.1. The molecule has 0 fully saturated rings. The van der Waals surface area contributed by atoms with Gasteiger partial charge >= 0.3 is 0 Å². The van der Waals surface area contributed by atoms with Crippen LogP contribution >= 0.6 is 0 Å². The maximum absolute atomic E-state index is 6.53. The summed E-state index contributed by atoms with van der Waals surface area (Å²) in [6, 6.07) is 98.9. The van der Waals surface area contributed by atoms with E-state index >= 15 is 0 Å². The molecular weight excluding hydrogens is 1020 g/mol. The van der Waals surface area contributed by atoms with Gasteiger partial charge in [-0.25, -0.2) is 0 Å². The fraction of sp³-hybridized carbons (Fsp3) is 0.111. The van der Waals surface area contributed by atoms with E-state index in [0.29, 0.717) is 0 Å². The van der Waals surface area contributed by atoms with Crippen molar-refractivity contribution in [3.8, 4) is 66.8 Å². The number of para-hydroxylation sites is 2. The van der Waals surface area contributed by atoms with E-state index in [0.717, 1.165) is 61.5 Å². The topological polar surface area (TPSA) is 19.6 Å². The fourth-order valence-corrected chi connectivity index (χ4v) is 14.6. The van der Waals surface area contributed by atoms with Gasteiger partial charge in [-0.05, 0) is 174 Å². The highest BCUT2D eigenvalue weighted by molar-refractivity contribution is 6.09. The molecule has 16 rings (SSSR count). The van der Waals surface area contributed by atoms with E-state index in [1.54, 1.807) is 0 Å². The quantitative estimate of drug-likeness (QED) is 0.144. The van der Waals surface area contributed by atoms with Crippen LogP contribution in [0.2, 0.25) is 0 Å². The highest BCUT2D eigenvalue weighted by Gasteiger charge is 2.44. The number of fused-ring (bicyclic) bond motifs is 12. The van der Waals surface area contributed by atoms with Crippen LogP contribution in [0.5, 0.6) is 0 Å². The van der Waals surface area contributed by atoms with E-state index in [9.17, 15) is 0 Å². The number of hydrogen-bond acceptors (Lipinski definition) is 3. The molecule has 0 saturated heterocycles. The Morgan fingerprint density at radius 2 is 0.679 bits per heavy atom. The first-order valence-electron chi connectivity index (χ1n) is 29.6. The van der Waals surface area contributed by atoms with Crippen LogP contribution in [0.15, 0.2) is 271 Å². The van der Waals surface area contributed by atoms with Crippen molar-refractivity contribution < 1.29 is 4.42 Å². The van der Waals surface area contributed by atoms with Gasteiger partial charge in [0.25, 0.3) is 0 Å². The molecule has 0 amide bonds. The second kappa shape index (κ2) is 18.5. The molecule has 3 aliphatic rings. The molecule has 402 valence electrons. The summed E-state index contributed by atoms with van der Waals surface area (Å²) in [7, 11) is 0. The Bertz CT molecular complexity index is 4770. The van der Waals surface area contributed by atoms with Gasteiger partial charge in [0, 0.05) is 66.6 Å². The van der Waals surface area contributed by atoms with Gasteiger partial charge in [-0.15, -0.1) is 0 Å². The largest absolute Gasteiger partial charge is 0.455 e. The lowest BCUT2D eigenvalue weighted by Gasteiger charge is -2.30. The number of benzene rings is 12. The van der Waals surface area contributed by atoms with Gasteiger partial charge in [0.15, 0.2) is 0 Å². The first kappa shape index (κ1) is 49.8. The number of nitrogens with zero attached hydrogens (tertiary/aromatic N) is 2. The molecule has 3 aliphatic carbocycles. The highest BCUT2D eigenvalue weighted by Crippen LogP contribution is 2.60. The summed E-state index contributed by atoms with van der Waals surface area (Å²) < 4.78 is 6.53. The third kappa shape index (κ3) is 7.51. The van der Waals surface area contributed by atoms with Crippen molar-refractivity contribution in [1.82, 2.24) is 0 Å². The lowest BCUT2D eigenvalue weighted by Crippen LogP contribution is -2.17. The van der Waals surface area contributed by atoms with Crippen molar-refractivity contribution >= 4 is 56.1 Å². The summed E-state index contributed by atoms with van der Waals surface area (Å²) in [5.41, 5.74) is 30.8. The van der Waals surface area contributed by atoms with Crippen LogP contribution in [0.1, 0.15) is 74.9 Å². The summed E-state index contributed by atoms with van der Waals surface area (Å²) in [6.07, 6.45) is 0. The van der Waals surface area contributed by atoms with Crippen LogP contribution in [0.3, 0.4) is 0 Å². The summed E-state index contributed by atoms with van der Waals surface area (Å²) in [6.45, 7) is 14.5. The van der Waals surface area contributed by atoms with Crippen LogP contribution in [0.4, 0.5) is 34.1 Å². The Labute approximate surface area is 492 Å². The van der Waals surface area contributed by atoms with Crippen molar-refractivity contribution in [2.24, 2.45) is 0 Å². The second-order valence-electron chi connectivity index (χ2n) is 24.8. The molecule has 0 saturated carbocycles. The van der Waals surface area contributed by atoms with Crippen LogP contribution in [0.25, 0.3) is 88.7 Å². The molecule has 1 aromatic heterocycles. The molecule has 0 unspecified atom stereocenters. The monoisotopic (exact) mass is 1080 g/mol. The van der Waals surface area contributed by atoms with Crippen molar-refractivity contribution in [2.45, 2.75) is 57.8 Å². The summed E-state index contributed by atoms with van der Waals surface area (Å²) >= 11 is 0. The van der Waals surface area contributed by atoms with Crippen LogP contribution in [-0.4, -0.2) is 0 Å². The molecule has 0 aliphatic heterocycles. The molecule has 0 N–H and O–H groups in total. The summed E-state index contributed by atoms with van der Waals surface area (Å²) in [5.74, 6) is 0. The van der Waals surface area contributed by atoms with Crippen molar-refractivity contribution in [3.63, 3.8) is 0 Å². The SMILES string of the molecule is CC1(C)c2ccccc2-c2ccc(N(c3ccc(-c4ccccc4)cc3)c3cccc4c3-c3cc5c(cc3C4(C)C)-c3ccc(N(c4ccc(-c6ccccc6)cc4)c4ccc(-c6cccc7c6oc6ccccc67)cc4)cc3C5(C)C)cc21. The smallest absolute Gasteiger partial charge is 0.143 e. The lowest BCUT2D eigenvalue weighted by atomic mass is 9.79. The van der Waals surface area contributed by atoms with Crippen molar-refractivity contribution in [2.75, 3.05) is 9.80 Å². The summed E-state index contributed by atoms with van der Waals surface area (Å²) in [4.78, 5) is 4.95. The van der Waals surface area contributed by atoms with Crippen LogP contribution in [-0.2, 0) is 16.2 Å². The first-order valence-corrected chi connectivity index (χ1v) is 29.6. The van der Waals surface area contributed by atoms with E-state index in [2.05, 4.69) is 312 Å². The first-order chi connectivity index (χ1) is 40.9. The van der Waals surface area contributed by atoms with E-state index in [1.807, 2.05) is 6.07 Å². The van der Waals surface area contributed by atoms with Gasteiger partial charge in [-0.1, -0.05) is 224 Å². The molecule has 3 heteroatoms. The lowest BCUT2D eigenvalue weighted by molar-refractivity contribution is 0.652. The second-order valence-corrected chi connectivity index (χ2v) is 24.8. The molecule has 13 aromatic rings. The van der Waals surface area contributed by atoms with E-state index < -0.39 is 0 Å². The average molecular weight is 1080 g/mol. The van der Waals surface area contributed by atoms with Gasteiger partial charge in [0.1, 0.15) is 11.2 Å². The number of hydrogen-bond donors (Lipinski definition) is 0. The molecule has 84 heavy (non-hydrogen) atoms. The van der Waals surface area contributed by atoms with E-state index in [1.165, 1.54) is 94.7 Å². The van der Waals surface area contributed by atoms with Gasteiger partial charge in [0.2, 0.25) is 0 Å². The fourth-order valence-electron chi connectivity index (χ4n) is 14.6. The average Bonchev–Trinajstić information content (AvgIpc) is 2.88. The zero-order valence-electron chi connectivity index (χ0n) is 48.2. The molecule has 12 aromatic carbocycles. The molecule has 0 radical (unpaired) electrons. The molecule has 0 spiro atoms. The highest BCUT2D eigenvalue weighted by atomic mass is 16.3. The van der Waals surface area contributed by atoms with E-state index in [-0.39, 0.29) is 16.2 Å². The Balaban J connectivity index is 0.815. The zero-order chi connectivity index (χ0) is 56.6. The zero-order valence-corrected chi connectivity index (χ0v) is 48.2. The minimum absolute atomic E-state index is 0.153. The Hall–Kier alpha value is -9.96. The maximum Gasteiger partial charge on any atom is 0.143 e. The number of anilines is 6. The van der Waals surface area contributed by atoms with Crippen molar-refractivity contribution in [1.29, 1.82) is 0 Å². The van der Waals surface area contributed by atoms with Crippen LogP contribution < -0.4 is 9.80 Å². The van der Waals surface area contributed by atoms with Gasteiger partial charge < -0.3 is 14.2 Å². The van der Waals surface area contributed by atoms with Crippen LogP contribution in [0, 0.1) is 0 Å².